The fourth-order valence-electron chi connectivity index (χ4n) is 2.12. The molecule has 0 spiro atoms. The van der Waals surface area contributed by atoms with Crippen LogP contribution in [-0.2, 0) is 4.79 Å². The number of carbonyl (C=O) groups is 1. The molecule has 0 saturated heterocycles. The number of halogens is 3. The Labute approximate surface area is 137 Å². The number of nitrogens with one attached hydrogen (secondary N) is 1. The lowest BCUT2D eigenvalue weighted by molar-refractivity contribution is -0.139. The maximum Gasteiger partial charge on any atom is 0.405 e. The van der Waals surface area contributed by atoms with Crippen molar-refractivity contribution in [3.63, 3.8) is 0 Å². The molecule has 6 nitrogen and oxygen atoms in total. The summed E-state index contributed by atoms with van der Waals surface area (Å²) in [4.78, 5) is 17.1. The first-order valence-electron chi connectivity index (χ1n) is 7.25. The molecule has 0 aliphatic rings. The van der Waals surface area contributed by atoms with Crippen molar-refractivity contribution in [1.29, 1.82) is 0 Å². The summed E-state index contributed by atoms with van der Waals surface area (Å²) in [6.45, 7) is 0.435. The Balaban J connectivity index is 1.93. The lowest BCUT2D eigenvalue weighted by Crippen LogP contribution is -2.40. The van der Waals surface area contributed by atoms with Crippen LogP contribution in [-0.4, -0.2) is 51.9 Å². The summed E-state index contributed by atoms with van der Waals surface area (Å²) >= 11 is 0. The summed E-state index contributed by atoms with van der Waals surface area (Å²) < 4.78 is 37.9. The van der Waals surface area contributed by atoms with Crippen molar-refractivity contribution in [2.24, 2.45) is 0 Å². The van der Waals surface area contributed by atoms with Gasteiger partial charge in [0.25, 0.3) is 0 Å². The van der Waals surface area contributed by atoms with Crippen LogP contribution in [0.4, 0.5) is 13.2 Å². The molecule has 0 saturated carbocycles. The average molecular weight is 341 g/mol. The number of alkyl halides is 3. The number of rotatable bonds is 6. The Bertz CT molecular complexity index is 655. The van der Waals surface area contributed by atoms with Crippen LogP contribution < -0.4 is 5.32 Å². The van der Waals surface area contributed by atoms with Crippen molar-refractivity contribution in [3.05, 3.63) is 42.5 Å². The number of nitrogens with zero attached hydrogens (tertiary/aromatic N) is 4. The quantitative estimate of drug-likeness (QED) is 0.872. The van der Waals surface area contributed by atoms with Crippen molar-refractivity contribution in [2.75, 3.05) is 20.1 Å². The van der Waals surface area contributed by atoms with Crippen LogP contribution >= 0.6 is 0 Å². The second-order valence-electron chi connectivity index (χ2n) is 5.41. The van der Waals surface area contributed by atoms with Crippen molar-refractivity contribution in [2.45, 2.75) is 19.1 Å². The minimum atomic E-state index is -4.41. The highest BCUT2D eigenvalue weighted by Crippen LogP contribution is 2.20. The first-order chi connectivity index (χ1) is 11.3. The molecule has 1 unspecified atom stereocenters. The Hall–Kier alpha value is -2.42. The lowest BCUT2D eigenvalue weighted by Gasteiger charge is -2.24. The van der Waals surface area contributed by atoms with E-state index in [-0.39, 0.29) is 12.6 Å². The van der Waals surface area contributed by atoms with E-state index in [1.54, 1.807) is 23.0 Å². The molecule has 2 rings (SSSR count). The number of benzene rings is 1. The van der Waals surface area contributed by atoms with Gasteiger partial charge in [0.15, 0.2) is 0 Å². The number of hydrogen-bond donors (Lipinski definition) is 1. The Kier molecular flexibility index (Phi) is 5.55. The van der Waals surface area contributed by atoms with Crippen LogP contribution in [0.3, 0.4) is 0 Å². The largest absolute Gasteiger partial charge is 0.405 e. The number of carbonyl (C=O) groups excluding carboxylic acids is 1. The summed E-state index contributed by atoms with van der Waals surface area (Å²) in [6.07, 6.45) is -1.39. The second-order valence-corrected chi connectivity index (χ2v) is 5.41. The molecular weight excluding hydrogens is 323 g/mol. The Morgan fingerprint density at radius 1 is 1.33 bits per heavy atom. The summed E-state index contributed by atoms with van der Waals surface area (Å²) in [6, 6.07) is 7.35. The zero-order chi connectivity index (χ0) is 17.7. The predicted octanol–water partition coefficient (Wildman–Crippen LogP) is 1.94. The topological polar surface area (TPSA) is 63.1 Å². The molecule has 1 aromatic carbocycles. The molecule has 0 bridgehead atoms. The third-order valence-electron chi connectivity index (χ3n) is 3.60. The van der Waals surface area contributed by atoms with Gasteiger partial charge in [-0.2, -0.15) is 18.3 Å². The average Bonchev–Trinajstić information content (AvgIpc) is 3.06. The van der Waals surface area contributed by atoms with Crippen LogP contribution in [0.1, 0.15) is 18.5 Å². The van der Waals surface area contributed by atoms with Crippen molar-refractivity contribution < 1.29 is 18.0 Å². The second kappa shape index (κ2) is 7.43. The fraction of sp³-hybridized carbons (Fsp3) is 0.400. The number of hydrogen-bond acceptors (Lipinski definition) is 4. The molecule has 1 atom stereocenters. The van der Waals surface area contributed by atoms with E-state index >= 15 is 0 Å². The molecule has 9 heteroatoms. The molecule has 1 amide bonds. The number of aromatic nitrogens is 3. The normalized spacial score (nSPS) is 13.1. The van der Waals surface area contributed by atoms with E-state index in [0.717, 1.165) is 11.3 Å². The van der Waals surface area contributed by atoms with Crippen molar-refractivity contribution in [3.8, 4) is 5.69 Å². The van der Waals surface area contributed by atoms with Gasteiger partial charge in [-0.1, -0.05) is 12.1 Å². The molecule has 0 radical (unpaired) electrons. The molecule has 2 aromatic rings. The number of amides is 1. The van der Waals surface area contributed by atoms with Crippen molar-refractivity contribution in [1.82, 2.24) is 25.0 Å². The molecule has 0 aliphatic heterocycles. The highest BCUT2D eigenvalue weighted by Gasteiger charge is 2.28. The Morgan fingerprint density at radius 3 is 2.54 bits per heavy atom. The van der Waals surface area contributed by atoms with Gasteiger partial charge >= 0.3 is 6.18 Å². The van der Waals surface area contributed by atoms with E-state index < -0.39 is 18.6 Å². The summed E-state index contributed by atoms with van der Waals surface area (Å²) in [7, 11) is 1.68. The molecule has 0 fully saturated rings. The van der Waals surface area contributed by atoms with E-state index in [1.165, 1.54) is 6.33 Å². The van der Waals surface area contributed by atoms with Gasteiger partial charge in [0.1, 0.15) is 19.2 Å². The smallest absolute Gasteiger partial charge is 0.346 e. The van der Waals surface area contributed by atoms with Gasteiger partial charge in [-0.25, -0.2) is 9.67 Å². The van der Waals surface area contributed by atoms with E-state index in [2.05, 4.69) is 10.1 Å². The highest BCUT2D eigenvalue weighted by molar-refractivity contribution is 5.78. The summed E-state index contributed by atoms with van der Waals surface area (Å²) in [5, 5.41) is 5.89. The van der Waals surface area contributed by atoms with Gasteiger partial charge in [-0.3, -0.25) is 9.69 Å². The van der Waals surface area contributed by atoms with E-state index in [4.69, 9.17) is 0 Å². The standard InChI is InChI=1S/C15H18F3N5O/c1-11(22(2)7-14(24)20-8-15(16,17)18)12-3-5-13(6-4-12)23-10-19-9-21-23/h3-6,9-11H,7-8H2,1-2H3,(H,20,24). The third-order valence-corrected chi connectivity index (χ3v) is 3.60. The fourth-order valence-corrected chi connectivity index (χ4v) is 2.12. The first kappa shape index (κ1) is 17.9. The maximum absolute atomic E-state index is 12.1. The lowest BCUT2D eigenvalue weighted by atomic mass is 10.1. The summed E-state index contributed by atoms with van der Waals surface area (Å²) in [5.74, 6) is -0.666. The van der Waals surface area contributed by atoms with Gasteiger partial charge in [0.05, 0.1) is 12.2 Å². The van der Waals surface area contributed by atoms with Crippen LogP contribution in [0, 0.1) is 0 Å². The zero-order valence-corrected chi connectivity index (χ0v) is 13.3. The van der Waals surface area contributed by atoms with E-state index in [0.29, 0.717) is 0 Å². The van der Waals surface area contributed by atoms with Gasteiger partial charge in [0, 0.05) is 6.04 Å². The molecular formula is C15H18F3N5O. The Morgan fingerprint density at radius 2 is 2.00 bits per heavy atom. The highest BCUT2D eigenvalue weighted by atomic mass is 19.4. The maximum atomic E-state index is 12.1. The van der Waals surface area contributed by atoms with Gasteiger partial charge in [-0.15, -0.1) is 0 Å². The minimum Gasteiger partial charge on any atom is -0.346 e. The first-order valence-corrected chi connectivity index (χ1v) is 7.25. The third kappa shape index (κ3) is 5.05. The van der Waals surface area contributed by atoms with Gasteiger partial charge in [0.2, 0.25) is 5.91 Å². The molecule has 1 N–H and O–H groups in total. The molecule has 1 heterocycles. The van der Waals surface area contributed by atoms with Gasteiger partial charge < -0.3 is 5.32 Å². The van der Waals surface area contributed by atoms with Crippen LogP contribution in [0.25, 0.3) is 5.69 Å². The molecule has 0 aliphatic carbocycles. The predicted molar refractivity (Wildman–Crippen MR) is 81.5 cm³/mol. The molecule has 1 aromatic heterocycles. The molecule has 24 heavy (non-hydrogen) atoms. The van der Waals surface area contributed by atoms with Crippen LogP contribution in [0.2, 0.25) is 0 Å². The molecule has 130 valence electrons. The van der Waals surface area contributed by atoms with Crippen LogP contribution in [0.5, 0.6) is 0 Å². The van der Waals surface area contributed by atoms with Crippen LogP contribution in [0.15, 0.2) is 36.9 Å². The van der Waals surface area contributed by atoms with Gasteiger partial charge in [-0.05, 0) is 31.7 Å². The van der Waals surface area contributed by atoms with E-state index in [9.17, 15) is 18.0 Å². The SMILES string of the molecule is CC(c1ccc(-n2cncn2)cc1)N(C)CC(=O)NCC(F)(F)F. The monoisotopic (exact) mass is 341 g/mol. The van der Waals surface area contributed by atoms with E-state index in [1.807, 2.05) is 36.5 Å². The van der Waals surface area contributed by atoms with Crippen molar-refractivity contribution >= 4 is 5.91 Å². The zero-order valence-electron chi connectivity index (χ0n) is 13.3. The minimum absolute atomic E-state index is 0.123. The summed E-state index contributed by atoms with van der Waals surface area (Å²) in [5.41, 5.74) is 1.78. The number of likely N-dealkylation sites (N-methyl/N-ethyl adjacent to an activating group) is 1.